The van der Waals surface area contributed by atoms with Crippen molar-refractivity contribution in [2.45, 2.75) is 55.4 Å². The van der Waals surface area contributed by atoms with Gasteiger partial charge in [0.1, 0.15) is 0 Å². The van der Waals surface area contributed by atoms with Crippen LogP contribution in [0, 0.1) is 27.8 Å². The van der Waals surface area contributed by atoms with Gasteiger partial charge in [0, 0.05) is 55.4 Å². The van der Waals surface area contributed by atoms with E-state index in [0.717, 1.165) is 55.4 Å². The van der Waals surface area contributed by atoms with Crippen LogP contribution in [0.3, 0.4) is 0 Å². The number of aliphatic carboxylic acids is 8. The van der Waals surface area contributed by atoms with Crippen LogP contribution in [-0.4, -0.2) is 88.6 Å². The van der Waals surface area contributed by atoms with Crippen LogP contribution < -0.4 is 0 Å². The average molecular weight is 750 g/mol. The van der Waals surface area contributed by atoms with Gasteiger partial charge in [-0.15, -0.1) is 0 Å². The SMILES string of the molecule is CC(=O)O.CC(=O)O.CC(=O)O.CC(=O)O.CC(=O)O.CC(=O)O.CC(=O)O.CC(=O)O.[O]=[U]=[O]. The fourth-order valence-electron chi connectivity index (χ4n) is 0. The van der Waals surface area contributed by atoms with Crippen molar-refractivity contribution < 1.29 is 111 Å². The van der Waals surface area contributed by atoms with Crippen molar-refractivity contribution >= 4 is 47.8 Å². The average Bonchev–Trinajstić information content (AvgIpc) is 2.41. The molecule has 0 spiro atoms. The molecule has 8 N–H and O–H groups in total. The summed E-state index contributed by atoms with van der Waals surface area (Å²) in [6.07, 6.45) is 0. The molecule has 0 aromatic rings. The molecule has 18 nitrogen and oxygen atoms in total. The van der Waals surface area contributed by atoms with Gasteiger partial charge in [-0.1, -0.05) is 0 Å². The molecular weight excluding hydrogens is 718 g/mol. The summed E-state index contributed by atoms with van der Waals surface area (Å²) >= 11 is -2.51. The van der Waals surface area contributed by atoms with Crippen molar-refractivity contribution in [1.29, 1.82) is 0 Å². The molecule has 0 aliphatic heterocycles. The number of hydrogen-bond donors (Lipinski definition) is 8. The van der Waals surface area contributed by atoms with Crippen LogP contribution in [0.5, 0.6) is 0 Å². The molecule has 0 aromatic carbocycles. The molecular formula is C16H32O18U. The van der Waals surface area contributed by atoms with Gasteiger partial charge < -0.3 is 40.9 Å². The first kappa shape index (κ1) is 57.8. The van der Waals surface area contributed by atoms with E-state index in [1.54, 1.807) is 0 Å². The van der Waals surface area contributed by atoms with E-state index in [2.05, 4.69) is 0 Å². The summed E-state index contributed by atoms with van der Waals surface area (Å²) in [5, 5.41) is 59.3. The van der Waals surface area contributed by atoms with Gasteiger partial charge in [-0.05, 0) is 0 Å². The zero-order valence-corrected chi connectivity index (χ0v) is 24.3. The van der Waals surface area contributed by atoms with Crippen molar-refractivity contribution in [2.24, 2.45) is 0 Å². The standard InChI is InChI=1S/8C2H4O2.2O.U/c8*1-2(3)4;;;/h8*1H3,(H,3,4);;;. The van der Waals surface area contributed by atoms with Crippen molar-refractivity contribution in [3.63, 3.8) is 0 Å². The van der Waals surface area contributed by atoms with E-state index in [4.69, 9.17) is 83.7 Å². The van der Waals surface area contributed by atoms with Crippen molar-refractivity contribution in [1.82, 2.24) is 0 Å². The van der Waals surface area contributed by atoms with Gasteiger partial charge in [0.05, 0.1) is 0 Å². The van der Waals surface area contributed by atoms with Crippen LogP contribution >= 0.6 is 0 Å². The summed E-state index contributed by atoms with van der Waals surface area (Å²) < 4.78 is 17.2. The molecule has 35 heavy (non-hydrogen) atoms. The van der Waals surface area contributed by atoms with Gasteiger partial charge in [0.25, 0.3) is 47.8 Å². The van der Waals surface area contributed by atoms with Crippen molar-refractivity contribution in [3.8, 4) is 0 Å². The third-order valence-electron chi connectivity index (χ3n) is 0. The van der Waals surface area contributed by atoms with Crippen LogP contribution in [0.1, 0.15) is 55.4 Å². The zero-order valence-electron chi connectivity index (χ0n) is 20.2. The Kier molecular flexibility index (Phi) is 94.8. The fraction of sp³-hybridized carbons (Fsp3) is 0.500. The molecule has 0 bridgehead atoms. The van der Waals surface area contributed by atoms with E-state index in [0.29, 0.717) is 0 Å². The summed E-state index contributed by atoms with van der Waals surface area (Å²) in [5.74, 6) is -6.67. The number of carboxylic acid groups (broad SMARTS) is 8. The second-order valence-electron chi connectivity index (χ2n) is 4.24. The normalized spacial score (nSPS) is 5.94. The third-order valence-corrected chi connectivity index (χ3v) is 0. The molecule has 0 aliphatic carbocycles. The molecule has 0 heterocycles. The maximum absolute atomic E-state index is 9.00. The second-order valence-corrected chi connectivity index (χ2v) is 4.93. The van der Waals surface area contributed by atoms with Gasteiger partial charge in [0.2, 0.25) is 0 Å². The van der Waals surface area contributed by atoms with Crippen LogP contribution in [0.2, 0.25) is 0 Å². The molecule has 0 aromatic heterocycles. The minimum absolute atomic E-state index is 0.833. The summed E-state index contributed by atoms with van der Waals surface area (Å²) in [6, 6.07) is 0. The third kappa shape index (κ3) is 1910. The molecule has 0 unspecified atom stereocenters. The van der Waals surface area contributed by atoms with Gasteiger partial charge in [-0.3, -0.25) is 38.4 Å². The fourth-order valence-corrected chi connectivity index (χ4v) is 0. The Morgan fingerprint density at radius 3 is 0.314 bits per heavy atom. The van der Waals surface area contributed by atoms with E-state index in [9.17, 15) is 0 Å². The Balaban J connectivity index is -0.0000000311. The number of hydrogen-bond acceptors (Lipinski definition) is 10. The van der Waals surface area contributed by atoms with Crippen LogP contribution in [0.15, 0.2) is 0 Å². The van der Waals surface area contributed by atoms with Gasteiger partial charge >= 0.3 is 32.3 Å². The van der Waals surface area contributed by atoms with E-state index in [1.807, 2.05) is 0 Å². The molecule has 0 saturated carbocycles. The molecule has 208 valence electrons. The summed E-state index contributed by atoms with van der Waals surface area (Å²) in [5.41, 5.74) is 0. The van der Waals surface area contributed by atoms with Crippen molar-refractivity contribution in [2.75, 3.05) is 0 Å². The Bertz CT molecular complexity index is 444. The number of carbonyl (C=O) groups is 8. The van der Waals surface area contributed by atoms with Crippen LogP contribution in [0.25, 0.3) is 0 Å². The molecule has 0 amide bonds. The van der Waals surface area contributed by atoms with Crippen LogP contribution in [-0.2, 0) is 42.8 Å². The summed E-state index contributed by atoms with van der Waals surface area (Å²) in [4.78, 5) is 72.0. The summed E-state index contributed by atoms with van der Waals surface area (Å²) in [7, 11) is 0. The Hall–Kier alpha value is -3.59. The Morgan fingerprint density at radius 1 is 0.314 bits per heavy atom. The van der Waals surface area contributed by atoms with Gasteiger partial charge in [-0.25, -0.2) is 0 Å². The minimum atomic E-state index is -2.51. The first-order valence-electron chi connectivity index (χ1n) is 7.83. The molecule has 19 heteroatoms. The first-order valence-corrected chi connectivity index (χ1v) is 11.2. The second kappa shape index (κ2) is 57.4. The van der Waals surface area contributed by atoms with E-state index >= 15 is 0 Å². The Morgan fingerprint density at radius 2 is 0.314 bits per heavy atom. The predicted molar refractivity (Wildman–Crippen MR) is 108 cm³/mol. The quantitative estimate of drug-likeness (QED) is 0.167. The van der Waals surface area contributed by atoms with Gasteiger partial charge in [-0.2, -0.15) is 0 Å². The van der Waals surface area contributed by atoms with E-state index in [-0.39, 0.29) is 0 Å². The molecule has 0 rings (SSSR count). The molecule has 0 fully saturated rings. The zero-order chi connectivity index (χ0) is 31.3. The van der Waals surface area contributed by atoms with E-state index in [1.165, 1.54) is 0 Å². The number of rotatable bonds is 0. The maximum atomic E-state index is 9.00. The van der Waals surface area contributed by atoms with E-state index < -0.39 is 75.6 Å². The Labute approximate surface area is 214 Å². The molecule has 0 radical (unpaired) electrons. The summed E-state index contributed by atoms with van der Waals surface area (Å²) in [6.45, 7) is 8.67. The monoisotopic (exact) mass is 750 g/mol. The number of carboxylic acids is 8. The topological polar surface area (TPSA) is 333 Å². The molecule has 0 aliphatic rings. The molecule has 0 saturated heterocycles. The first-order chi connectivity index (χ1) is 15.3. The molecule has 0 atom stereocenters. The van der Waals surface area contributed by atoms with Crippen LogP contribution in [0.4, 0.5) is 0 Å². The van der Waals surface area contributed by atoms with Crippen molar-refractivity contribution in [3.05, 3.63) is 0 Å². The van der Waals surface area contributed by atoms with Gasteiger partial charge in [0.15, 0.2) is 0 Å². The predicted octanol–water partition coefficient (Wildman–Crippen LogP) is 0.490.